The lowest BCUT2D eigenvalue weighted by molar-refractivity contribution is 0.207. The van der Waals surface area contributed by atoms with Gasteiger partial charge >= 0.3 is 0 Å². The van der Waals surface area contributed by atoms with Gasteiger partial charge in [0.25, 0.3) is 5.56 Å². The van der Waals surface area contributed by atoms with Crippen LogP contribution in [-0.2, 0) is 7.05 Å². The highest BCUT2D eigenvalue weighted by Crippen LogP contribution is 2.26. The van der Waals surface area contributed by atoms with Crippen molar-refractivity contribution < 1.29 is 4.74 Å². The Morgan fingerprint density at radius 2 is 2.00 bits per heavy atom. The van der Waals surface area contributed by atoms with Crippen LogP contribution in [0.25, 0.3) is 21.7 Å². The van der Waals surface area contributed by atoms with Crippen LogP contribution in [0.15, 0.2) is 41.5 Å². The van der Waals surface area contributed by atoms with Crippen molar-refractivity contribution in [2.45, 2.75) is 32.7 Å². The number of nitrogens with two attached hydrogens (primary N) is 1. The number of rotatable bonds is 5. The van der Waals surface area contributed by atoms with Crippen molar-refractivity contribution in [3.8, 4) is 5.75 Å². The highest BCUT2D eigenvalue weighted by molar-refractivity contribution is 6.05. The van der Waals surface area contributed by atoms with E-state index in [1.54, 1.807) is 24.0 Å². The third-order valence-electron chi connectivity index (χ3n) is 4.42. The Kier molecular flexibility index (Phi) is 4.52. The molecule has 0 fully saturated rings. The zero-order valence-corrected chi connectivity index (χ0v) is 15.2. The molecule has 0 amide bonds. The molecule has 0 bridgehead atoms. The maximum absolute atomic E-state index is 12.6. The minimum absolute atomic E-state index is 0.0591. The molecule has 2 aromatic heterocycles. The molecule has 2 N–H and O–H groups in total. The van der Waals surface area contributed by atoms with Crippen molar-refractivity contribution in [2.24, 2.45) is 18.7 Å². The van der Waals surface area contributed by atoms with Crippen LogP contribution in [0.3, 0.4) is 0 Å². The molecule has 0 aliphatic rings. The minimum Gasteiger partial charge on any atom is -0.492 e. The number of aryl methyl sites for hydroxylation is 1. The molecular formula is C20H25N3O2. The molecule has 0 saturated carbocycles. The third kappa shape index (κ3) is 3.51. The van der Waals surface area contributed by atoms with E-state index in [0.29, 0.717) is 17.9 Å². The molecule has 0 aliphatic heterocycles. The molecule has 0 unspecified atom stereocenters. The predicted molar refractivity (Wildman–Crippen MR) is 102 cm³/mol. The van der Waals surface area contributed by atoms with Crippen LogP contribution in [0.5, 0.6) is 5.75 Å². The van der Waals surface area contributed by atoms with E-state index < -0.39 is 0 Å². The first-order valence-electron chi connectivity index (χ1n) is 8.57. The lowest BCUT2D eigenvalue weighted by Crippen LogP contribution is -2.43. The molecule has 5 heteroatoms. The molecule has 25 heavy (non-hydrogen) atoms. The summed E-state index contributed by atoms with van der Waals surface area (Å²) >= 11 is 0. The van der Waals surface area contributed by atoms with Crippen molar-refractivity contribution in [2.75, 3.05) is 6.61 Å². The van der Waals surface area contributed by atoms with Crippen LogP contribution in [0, 0.1) is 5.92 Å². The fourth-order valence-corrected chi connectivity index (χ4v) is 3.44. The Labute approximate surface area is 147 Å². The van der Waals surface area contributed by atoms with Crippen LogP contribution in [-0.4, -0.2) is 21.7 Å². The average molecular weight is 339 g/mol. The van der Waals surface area contributed by atoms with Crippen molar-refractivity contribution in [1.29, 1.82) is 0 Å². The molecular weight excluding hydrogens is 314 g/mol. The fraction of sp³-hybridized carbons (Fsp3) is 0.400. The normalized spacial score (nSPS) is 14.2. The van der Waals surface area contributed by atoms with Crippen molar-refractivity contribution >= 4 is 21.7 Å². The minimum atomic E-state index is -0.385. The summed E-state index contributed by atoms with van der Waals surface area (Å²) in [5.74, 6) is 1.23. The Hall–Kier alpha value is -2.40. The molecule has 3 aromatic rings. The molecule has 0 radical (unpaired) electrons. The fourth-order valence-electron chi connectivity index (χ4n) is 3.44. The Balaban J connectivity index is 1.99. The number of hydrogen-bond donors (Lipinski definition) is 1. The van der Waals surface area contributed by atoms with Gasteiger partial charge in [0, 0.05) is 36.4 Å². The first-order chi connectivity index (χ1) is 11.8. The Bertz CT molecular complexity index is 974. The summed E-state index contributed by atoms with van der Waals surface area (Å²) in [6, 6.07) is 7.70. The summed E-state index contributed by atoms with van der Waals surface area (Å²) in [5, 5.41) is 2.53. The van der Waals surface area contributed by atoms with E-state index in [1.807, 2.05) is 31.2 Å². The topological polar surface area (TPSA) is 70.1 Å². The van der Waals surface area contributed by atoms with Gasteiger partial charge in [0.2, 0.25) is 0 Å². The lowest BCUT2D eigenvalue weighted by Gasteiger charge is -2.26. The predicted octanol–water partition coefficient (Wildman–Crippen LogP) is 3.23. The molecule has 5 nitrogen and oxygen atoms in total. The number of aromatic nitrogens is 2. The Morgan fingerprint density at radius 3 is 2.72 bits per heavy atom. The van der Waals surface area contributed by atoms with Crippen LogP contribution in [0.4, 0.5) is 0 Å². The summed E-state index contributed by atoms with van der Waals surface area (Å²) in [6.45, 7) is 6.74. The molecule has 1 aromatic carbocycles. The van der Waals surface area contributed by atoms with E-state index in [4.69, 9.17) is 10.5 Å². The van der Waals surface area contributed by atoms with Crippen LogP contribution < -0.4 is 16.0 Å². The van der Waals surface area contributed by atoms with Gasteiger partial charge in [-0.05, 0) is 42.8 Å². The second-order valence-electron chi connectivity index (χ2n) is 7.51. The van der Waals surface area contributed by atoms with Gasteiger partial charge in [-0.1, -0.05) is 13.8 Å². The van der Waals surface area contributed by atoms with Gasteiger partial charge in [0.15, 0.2) is 0 Å². The average Bonchev–Trinajstić information content (AvgIpc) is 2.57. The molecule has 0 spiro atoms. The first-order valence-corrected chi connectivity index (χ1v) is 8.57. The van der Waals surface area contributed by atoms with Crippen LogP contribution >= 0.6 is 0 Å². The molecule has 0 aliphatic carbocycles. The van der Waals surface area contributed by atoms with Gasteiger partial charge in [0.05, 0.1) is 10.9 Å². The highest BCUT2D eigenvalue weighted by Gasteiger charge is 2.21. The number of hydrogen-bond acceptors (Lipinski definition) is 4. The molecule has 2 heterocycles. The molecule has 132 valence electrons. The number of benzene rings is 1. The maximum Gasteiger partial charge on any atom is 0.260 e. The molecule has 3 rings (SSSR count). The largest absolute Gasteiger partial charge is 0.492 e. The lowest BCUT2D eigenvalue weighted by atomic mass is 9.93. The highest BCUT2D eigenvalue weighted by atomic mass is 16.5. The maximum atomic E-state index is 12.6. The van der Waals surface area contributed by atoms with E-state index in [9.17, 15) is 4.79 Å². The van der Waals surface area contributed by atoms with Crippen molar-refractivity contribution in [3.63, 3.8) is 0 Å². The first kappa shape index (κ1) is 17.4. The van der Waals surface area contributed by atoms with Gasteiger partial charge in [0.1, 0.15) is 12.4 Å². The summed E-state index contributed by atoms with van der Waals surface area (Å²) in [4.78, 5) is 16.6. The smallest absolute Gasteiger partial charge is 0.260 e. The van der Waals surface area contributed by atoms with E-state index in [-0.39, 0.29) is 11.1 Å². The summed E-state index contributed by atoms with van der Waals surface area (Å²) in [7, 11) is 1.77. The Morgan fingerprint density at radius 1 is 1.24 bits per heavy atom. The van der Waals surface area contributed by atoms with Gasteiger partial charge < -0.3 is 15.0 Å². The zero-order chi connectivity index (χ0) is 18.2. The SMILES string of the molecule is CC(C)C[C@@](C)(N)COc1ccc2c3ccncc3c(=O)n(C)c2c1. The van der Waals surface area contributed by atoms with E-state index in [0.717, 1.165) is 28.5 Å². The second kappa shape index (κ2) is 6.48. The second-order valence-corrected chi connectivity index (χ2v) is 7.51. The quantitative estimate of drug-likeness (QED) is 0.725. The van der Waals surface area contributed by atoms with Gasteiger partial charge in [-0.25, -0.2) is 0 Å². The summed E-state index contributed by atoms with van der Waals surface area (Å²) < 4.78 is 7.57. The van der Waals surface area contributed by atoms with Crippen LogP contribution in [0.1, 0.15) is 27.2 Å². The number of nitrogens with zero attached hydrogens (tertiary/aromatic N) is 2. The van der Waals surface area contributed by atoms with Crippen molar-refractivity contribution in [1.82, 2.24) is 9.55 Å². The van der Waals surface area contributed by atoms with Crippen LogP contribution in [0.2, 0.25) is 0 Å². The van der Waals surface area contributed by atoms with Crippen molar-refractivity contribution in [3.05, 3.63) is 47.0 Å². The molecule has 1 atom stereocenters. The third-order valence-corrected chi connectivity index (χ3v) is 4.42. The van der Waals surface area contributed by atoms with Gasteiger partial charge in [-0.2, -0.15) is 0 Å². The zero-order valence-electron chi connectivity index (χ0n) is 15.2. The number of fused-ring (bicyclic) bond motifs is 3. The monoisotopic (exact) mass is 339 g/mol. The molecule has 0 saturated heterocycles. The summed E-state index contributed by atoms with van der Waals surface area (Å²) in [5.41, 5.74) is 6.71. The van der Waals surface area contributed by atoms with E-state index in [1.165, 1.54) is 0 Å². The number of pyridine rings is 2. The van der Waals surface area contributed by atoms with E-state index in [2.05, 4.69) is 18.8 Å². The standard InChI is InChI=1S/C20H25N3O2/c1-13(2)10-20(3,21)12-25-14-5-6-16-15-7-8-22-11-17(15)19(24)23(4)18(16)9-14/h5-9,11,13H,10,12,21H2,1-4H3/t20-/m1/s1. The van der Waals surface area contributed by atoms with Gasteiger partial charge in [-0.15, -0.1) is 0 Å². The van der Waals surface area contributed by atoms with Gasteiger partial charge in [-0.3, -0.25) is 9.78 Å². The summed E-state index contributed by atoms with van der Waals surface area (Å²) in [6.07, 6.45) is 4.21. The number of ether oxygens (including phenoxy) is 1. The van der Waals surface area contributed by atoms with E-state index >= 15 is 0 Å².